The molecule has 0 rings (SSSR count). The summed E-state index contributed by atoms with van der Waals surface area (Å²) in [5.41, 5.74) is 5.26. The fourth-order valence-corrected chi connectivity index (χ4v) is 0.399. The van der Waals surface area contributed by atoms with Crippen LogP contribution in [0, 0.1) is 0 Å². The van der Waals surface area contributed by atoms with Crippen LogP contribution < -0.4 is 11.1 Å². The highest BCUT2D eigenvalue weighted by molar-refractivity contribution is 4.63. The van der Waals surface area contributed by atoms with Crippen LogP contribution in [0.1, 0.15) is 13.8 Å². The van der Waals surface area contributed by atoms with Crippen molar-refractivity contribution in [2.24, 2.45) is 5.73 Å². The molecule has 3 atom stereocenters. The second-order valence-electron chi connectivity index (χ2n) is 2.15. The maximum atomic E-state index is 8.90. The Morgan fingerprint density at radius 1 is 1.33 bits per heavy atom. The van der Waals surface area contributed by atoms with E-state index in [0.717, 1.165) is 0 Å². The standard InChI is InChI=1S/C5H14N2O2/c1-3(6)5(9)7-4(2)8/h3-5,7-9H,6H2,1-2H3. The van der Waals surface area contributed by atoms with Gasteiger partial charge in [0.25, 0.3) is 0 Å². The molecule has 3 unspecified atom stereocenters. The molecule has 4 heteroatoms. The number of hydrogen-bond acceptors (Lipinski definition) is 4. The molecule has 0 saturated carbocycles. The minimum Gasteiger partial charge on any atom is -0.379 e. The fourth-order valence-electron chi connectivity index (χ4n) is 0.399. The lowest BCUT2D eigenvalue weighted by Gasteiger charge is -2.17. The Morgan fingerprint density at radius 2 is 1.78 bits per heavy atom. The summed E-state index contributed by atoms with van der Waals surface area (Å²) in [6, 6.07) is -0.361. The van der Waals surface area contributed by atoms with Gasteiger partial charge in [0, 0.05) is 6.04 Å². The van der Waals surface area contributed by atoms with Gasteiger partial charge in [-0.25, -0.2) is 0 Å². The van der Waals surface area contributed by atoms with Crippen molar-refractivity contribution < 1.29 is 10.2 Å². The average Bonchev–Trinajstić information content (AvgIpc) is 1.63. The van der Waals surface area contributed by atoms with Crippen LogP contribution in [0.5, 0.6) is 0 Å². The molecule has 4 nitrogen and oxygen atoms in total. The second-order valence-corrected chi connectivity index (χ2v) is 2.15. The van der Waals surface area contributed by atoms with E-state index in [9.17, 15) is 0 Å². The summed E-state index contributed by atoms with van der Waals surface area (Å²) < 4.78 is 0. The van der Waals surface area contributed by atoms with E-state index in [1.165, 1.54) is 6.92 Å². The Labute approximate surface area is 54.7 Å². The molecule has 0 bridgehead atoms. The average molecular weight is 134 g/mol. The van der Waals surface area contributed by atoms with Gasteiger partial charge in [0.1, 0.15) is 12.5 Å². The Balaban J connectivity index is 3.38. The number of aliphatic hydroxyl groups excluding tert-OH is 2. The third-order valence-electron chi connectivity index (χ3n) is 0.910. The van der Waals surface area contributed by atoms with E-state index in [4.69, 9.17) is 15.9 Å². The Morgan fingerprint density at radius 3 is 1.89 bits per heavy atom. The molecule has 56 valence electrons. The SMILES string of the molecule is CC(O)NC(O)C(C)N. The van der Waals surface area contributed by atoms with Gasteiger partial charge in [-0.15, -0.1) is 0 Å². The lowest BCUT2D eigenvalue weighted by molar-refractivity contribution is 0.0403. The summed E-state index contributed by atoms with van der Waals surface area (Å²) in [6.45, 7) is 3.17. The van der Waals surface area contributed by atoms with Crippen LogP contribution in [0.3, 0.4) is 0 Å². The van der Waals surface area contributed by atoms with Gasteiger partial charge in [-0.3, -0.25) is 5.32 Å². The maximum absolute atomic E-state index is 8.90. The normalized spacial score (nSPS) is 21.0. The minimum absolute atomic E-state index is 0.361. The van der Waals surface area contributed by atoms with Crippen LogP contribution in [-0.2, 0) is 0 Å². The quantitative estimate of drug-likeness (QED) is 0.357. The zero-order chi connectivity index (χ0) is 7.44. The van der Waals surface area contributed by atoms with E-state index in [1.54, 1.807) is 6.92 Å². The minimum atomic E-state index is -0.829. The van der Waals surface area contributed by atoms with Gasteiger partial charge in [0.15, 0.2) is 0 Å². The highest BCUT2D eigenvalue weighted by atomic mass is 16.3. The number of aliphatic hydroxyl groups is 2. The van der Waals surface area contributed by atoms with Gasteiger partial charge in [-0.1, -0.05) is 0 Å². The van der Waals surface area contributed by atoms with Gasteiger partial charge in [0.05, 0.1) is 0 Å². The Bertz CT molecular complexity index is 75.4. The molecule has 0 aliphatic heterocycles. The largest absolute Gasteiger partial charge is 0.379 e. The number of rotatable bonds is 3. The van der Waals surface area contributed by atoms with Crippen molar-refractivity contribution >= 4 is 0 Å². The molecule has 0 spiro atoms. The summed E-state index contributed by atoms with van der Waals surface area (Å²) in [5, 5.41) is 20.0. The Kier molecular flexibility index (Phi) is 3.72. The highest BCUT2D eigenvalue weighted by Gasteiger charge is 2.09. The van der Waals surface area contributed by atoms with Gasteiger partial charge in [-0.05, 0) is 13.8 Å². The first-order valence-electron chi connectivity index (χ1n) is 2.92. The van der Waals surface area contributed by atoms with Crippen LogP contribution in [-0.4, -0.2) is 28.7 Å². The number of nitrogens with one attached hydrogen (secondary N) is 1. The smallest absolute Gasteiger partial charge is 0.121 e. The van der Waals surface area contributed by atoms with Crippen LogP contribution in [0.2, 0.25) is 0 Å². The molecule has 0 aromatic heterocycles. The summed E-state index contributed by atoms with van der Waals surface area (Å²) in [4.78, 5) is 0. The first-order chi connectivity index (χ1) is 4.04. The molecule has 5 N–H and O–H groups in total. The van der Waals surface area contributed by atoms with Gasteiger partial charge in [-0.2, -0.15) is 0 Å². The van der Waals surface area contributed by atoms with Gasteiger partial charge in [0.2, 0.25) is 0 Å². The molecule has 0 amide bonds. The molecule has 9 heavy (non-hydrogen) atoms. The van der Waals surface area contributed by atoms with E-state index >= 15 is 0 Å². The van der Waals surface area contributed by atoms with E-state index in [-0.39, 0.29) is 6.04 Å². The topological polar surface area (TPSA) is 78.5 Å². The predicted molar refractivity (Wildman–Crippen MR) is 34.5 cm³/mol. The molecule has 0 aliphatic rings. The monoisotopic (exact) mass is 134 g/mol. The molecular weight excluding hydrogens is 120 g/mol. The lowest BCUT2D eigenvalue weighted by atomic mass is 10.3. The maximum Gasteiger partial charge on any atom is 0.121 e. The molecular formula is C5H14N2O2. The summed E-state index contributed by atoms with van der Waals surface area (Å²) in [7, 11) is 0. The first kappa shape index (κ1) is 8.84. The summed E-state index contributed by atoms with van der Waals surface area (Å²) in [6.07, 6.45) is -1.55. The zero-order valence-electron chi connectivity index (χ0n) is 5.70. The third kappa shape index (κ3) is 4.35. The highest BCUT2D eigenvalue weighted by Crippen LogP contribution is 1.84. The molecule has 0 aromatic carbocycles. The fraction of sp³-hybridized carbons (Fsp3) is 1.00. The first-order valence-corrected chi connectivity index (χ1v) is 2.92. The predicted octanol–water partition coefficient (Wildman–Crippen LogP) is -1.42. The molecule has 0 saturated heterocycles. The van der Waals surface area contributed by atoms with Crippen molar-refractivity contribution in [3.63, 3.8) is 0 Å². The van der Waals surface area contributed by atoms with Crippen molar-refractivity contribution in [3.05, 3.63) is 0 Å². The molecule has 0 aliphatic carbocycles. The van der Waals surface area contributed by atoms with E-state index < -0.39 is 12.5 Å². The lowest BCUT2D eigenvalue weighted by Crippen LogP contribution is -2.46. The third-order valence-corrected chi connectivity index (χ3v) is 0.910. The molecule has 0 radical (unpaired) electrons. The van der Waals surface area contributed by atoms with Crippen molar-refractivity contribution in [1.82, 2.24) is 5.32 Å². The van der Waals surface area contributed by atoms with Crippen LogP contribution in [0.15, 0.2) is 0 Å². The van der Waals surface area contributed by atoms with Crippen LogP contribution in [0.4, 0.5) is 0 Å². The van der Waals surface area contributed by atoms with Crippen molar-refractivity contribution in [2.75, 3.05) is 0 Å². The van der Waals surface area contributed by atoms with Crippen molar-refractivity contribution in [3.8, 4) is 0 Å². The van der Waals surface area contributed by atoms with Crippen molar-refractivity contribution in [2.45, 2.75) is 32.3 Å². The second kappa shape index (κ2) is 3.79. The number of hydrogen-bond donors (Lipinski definition) is 4. The van der Waals surface area contributed by atoms with E-state index in [0.29, 0.717) is 0 Å². The van der Waals surface area contributed by atoms with Crippen LogP contribution in [0.25, 0.3) is 0 Å². The van der Waals surface area contributed by atoms with Crippen molar-refractivity contribution in [1.29, 1.82) is 0 Å². The molecule has 0 heterocycles. The summed E-state index contributed by atoms with van der Waals surface area (Å²) in [5.74, 6) is 0. The van der Waals surface area contributed by atoms with Gasteiger partial charge >= 0.3 is 0 Å². The van der Waals surface area contributed by atoms with E-state index in [1.807, 2.05) is 0 Å². The zero-order valence-corrected chi connectivity index (χ0v) is 5.70. The summed E-state index contributed by atoms with van der Waals surface area (Å²) >= 11 is 0. The van der Waals surface area contributed by atoms with Gasteiger partial charge < -0.3 is 15.9 Å². The van der Waals surface area contributed by atoms with E-state index in [2.05, 4.69) is 5.32 Å². The van der Waals surface area contributed by atoms with Crippen LogP contribution >= 0.6 is 0 Å². The number of nitrogens with two attached hydrogens (primary N) is 1. The molecule has 0 aromatic rings. The Hall–Kier alpha value is -0.160. The molecule has 0 fully saturated rings.